The third kappa shape index (κ3) is 5.94. The third-order valence-electron chi connectivity index (χ3n) is 3.54. The fourth-order valence-corrected chi connectivity index (χ4v) is 1.80. The predicted molar refractivity (Wildman–Crippen MR) is 76.2 cm³/mol. The van der Waals surface area contributed by atoms with Crippen LogP contribution in [0.4, 0.5) is 4.79 Å². The van der Waals surface area contributed by atoms with Crippen molar-refractivity contribution in [3.05, 3.63) is 0 Å². The second-order valence-corrected chi connectivity index (χ2v) is 5.66. The van der Waals surface area contributed by atoms with Gasteiger partial charge < -0.3 is 14.9 Å². The molecule has 1 N–H and O–H groups in total. The minimum atomic E-state index is -0.819. The second kappa shape index (κ2) is 8.02. The summed E-state index contributed by atoms with van der Waals surface area (Å²) in [5.41, 5.74) is 0. The minimum Gasteiger partial charge on any atom is -0.481 e. The van der Waals surface area contributed by atoms with Gasteiger partial charge in [-0.3, -0.25) is 4.79 Å². The summed E-state index contributed by atoms with van der Waals surface area (Å²) in [7, 11) is 1.81. The van der Waals surface area contributed by atoms with Gasteiger partial charge in [-0.25, -0.2) is 4.79 Å². The Bertz CT molecular complexity index is 303. The molecular weight excluding hydrogens is 244 g/mol. The summed E-state index contributed by atoms with van der Waals surface area (Å²) >= 11 is 0. The Morgan fingerprint density at radius 2 is 1.63 bits per heavy atom. The summed E-state index contributed by atoms with van der Waals surface area (Å²) in [5.74, 6) is -0.429. The van der Waals surface area contributed by atoms with Crippen LogP contribution in [0.5, 0.6) is 0 Å². The van der Waals surface area contributed by atoms with Crippen molar-refractivity contribution in [3.8, 4) is 0 Å². The molecule has 0 heterocycles. The van der Waals surface area contributed by atoms with Gasteiger partial charge in [-0.05, 0) is 33.1 Å². The van der Waals surface area contributed by atoms with Crippen LogP contribution in [0, 0.1) is 5.92 Å². The average Bonchev–Trinajstić information content (AvgIpc) is 2.30. The first-order valence-corrected chi connectivity index (χ1v) is 6.93. The van der Waals surface area contributed by atoms with E-state index >= 15 is 0 Å². The quantitative estimate of drug-likeness (QED) is 0.775. The van der Waals surface area contributed by atoms with Crippen molar-refractivity contribution in [2.24, 2.45) is 5.92 Å². The zero-order chi connectivity index (χ0) is 15.2. The first-order chi connectivity index (χ1) is 8.68. The van der Waals surface area contributed by atoms with E-state index in [4.69, 9.17) is 5.11 Å². The molecule has 0 saturated heterocycles. The molecule has 0 radical (unpaired) electrons. The lowest BCUT2D eigenvalue weighted by Crippen LogP contribution is -2.49. The van der Waals surface area contributed by atoms with Gasteiger partial charge in [-0.1, -0.05) is 13.8 Å². The fraction of sp³-hybridized carbons (Fsp3) is 0.857. The maximum atomic E-state index is 12.4. The van der Waals surface area contributed by atoms with Crippen LogP contribution in [0.15, 0.2) is 0 Å². The van der Waals surface area contributed by atoms with Crippen LogP contribution in [0.25, 0.3) is 0 Å². The summed E-state index contributed by atoms with van der Waals surface area (Å²) in [6.07, 6.45) is 0.586. The van der Waals surface area contributed by atoms with E-state index in [0.717, 1.165) is 0 Å². The smallest absolute Gasteiger partial charge is 0.320 e. The number of nitrogens with zero attached hydrogens (tertiary/aromatic N) is 2. The molecule has 0 aliphatic heterocycles. The number of aliphatic carboxylic acids is 1. The molecule has 0 aliphatic rings. The van der Waals surface area contributed by atoms with Gasteiger partial charge in [0.1, 0.15) is 0 Å². The van der Waals surface area contributed by atoms with E-state index in [1.807, 2.05) is 20.8 Å². The van der Waals surface area contributed by atoms with Gasteiger partial charge in [0, 0.05) is 32.1 Å². The lowest BCUT2D eigenvalue weighted by molar-refractivity contribution is -0.137. The van der Waals surface area contributed by atoms with E-state index in [1.54, 1.807) is 16.8 Å². The second-order valence-electron chi connectivity index (χ2n) is 5.66. The van der Waals surface area contributed by atoms with Crippen LogP contribution < -0.4 is 0 Å². The molecule has 5 nitrogen and oxygen atoms in total. The summed E-state index contributed by atoms with van der Waals surface area (Å²) in [4.78, 5) is 26.4. The van der Waals surface area contributed by atoms with Gasteiger partial charge in [0.2, 0.25) is 0 Å². The first kappa shape index (κ1) is 17.7. The number of hydrogen-bond acceptors (Lipinski definition) is 2. The molecule has 0 aromatic heterocycles. The molecule has 112 valence electrons. The van der Waals surface area contributed by atoms with Crippen LogP contribution in [0.2, 0.25) is 0 Å². The maximum absolute atomic E-state index is 12.4. The van der Waals surface area contributed by atoms with Crippen LogP contribution in [-0.4, -0.2) is 52.6 Å². The molecule has 5 heteroatoms. The third-order valence-corrected chi connectivity index (χ3v) is 3.54. The van der Waals surface area contributed by atoms with E-state index in [9.17, 15) is 9.59 Å². The van der Waals surface area contributed by atoms with Gasteiger partial charge in [-0.15, -0.1) is 0 Å². The number of carboxylic acid groups (broad SMARTS) is 1. The van der Waals surface area contributed by atoms with Crippen molar-refractivity contribution < 1.29 is 14.7 Å². The van der Waals surface area contributed by atoms with E-state index in [-0.39, 0.29) is 24.5 Å². The molecule has 0 saturated carbocycles. The fourth-order valence-electron chi connectivity index (χ4n) is 1.80. The van der Waals surface area contributed by atoms with E-state index < -0.39 is 5.97 Å². The number of carbonyl (C=O) groups excluding carboxylic acids is 1. The Kier molecular flexibility index (Phi) is 7.49. The zero-order valence-electron chi connectivity index (χ0n) is 13.0. The predicted octanol–water partition coefficient (Wildman–Crippen LogP) is 2.66. The number of urea groups is 1. The average molecular weight is 272 g/mol. The van der Waals surface area contributed by atoms with Crippen molar-refractivity contribution >= 4 is 12.0 Å². The van der Waals surface area contributed by atoms with Crippen molar-refractivity contribution in [2.45, 2.75) is 59.5 Å². The summed E-state index contributed by atoms with van der Waals surface area (Å²) < 4.78 is 0. The van der Waals surface area contributed by atoms with Crippen molar-refractivity contribution in [2.75, 3.05) is 13.6 Å². The number of amides is 2. The summed E-state index contributed by atoms with van der Waals surface area (Å²) in [5, 5.41) is 8.66. The van der Waals surface area contributed by atoms with Crippen molar-refractivity contribution in [1.29, 1.82) is 0 Å². The minimum absolute atomic E-state index is 0.0263. The highest BCUT2D eigenvalue weighted by atomic mass is 16.4. The van der Waals surface area contributed by atoms with Crippen molar-refractivity contribution in [1.82, 2.24) is 9.80 Å². The van der Waals surface area contributed by atoms with E-state index in [2.05, 4.69) is 13.8 Å². The summed E-state index contributed by atoms with van der Waals surface area (Å²) in [6.45, 7) is 10.6. The molecule has 1 atom stereocenters. The summed E-state index contributed by atoms with van der Waals surface area (Å²) in [6, 6.07) is 0.206. The SMILES string of the molecule is CC(C)C(C)N(C)C(=O)N(CCCC(=O)O)C(C)C. The molecule has 0 rings (SSSR count). The van der Waals surface area contributed by atoms with Gasteiger partial charge in [-0.2, -0.15) is 0 Å². The molecule has 0 fully saturated rings. The molecule has 0 aromatic carbocycles. The van der Waals surface area contributed by atoms with Gasteiger partial charge >= 0.3 is 12.0 Å². The van der Waals surface area contributed by atoms with Crippen LogP contribution in [-0.2, 0) is 4.79 Å². The van der Waals surface area contributed by atoms with Crippen LogP contribution in [0.1, 0.15) is 47.5 Å². The normalized spacial score (nSPS) is 12.6. The Morgan fingerprint density at radius 3 is 2.00 bits per heavy atom. The van der Waals surface area contributed by atoms with Crippen molar-refractivity contribution in [3.63, 3.8) is 0 Å². The van der Waals surface area contributed by atoms with Gasteiger partial charge in [0.15, 0.2) is 0 Å². The highest BCUT2D eigenvalue weighted by Gasteiger charge is 2.25. The standard InChI is InChI=1S/C14H28N2O3/c1-10(2)12(5)15(6)14(19)16(11(3)4)9-7-8-13(17)18/h10-12H,7-9H2,1-6H3,(H,17,18). The number of hydrogen-bond donors (Lipinski definition) is 1. The molecule has 19 heavy (non-hydrogen) atoms. The van der Waals surface area contributed by atoms with E-state index in [0.29, 0.717) is 18.9 Å². The van der Waals surface area contributed by atoms with E-state index in [1.165, 1.54) is 0 Å². The van der Waals surface area contributed by atoms with Gasteiger partial charge in [0.25, 0.3) is 0 Å². The van der Waals surface area contributed by atoms with Gasteiger partial charge in [0.05, 0.1) is 0 Å². The molecule has 0 spiro atoms. The number of rotatable bonds is 7. The lowest BCUT2D eigenvalue weighted by atomic mass is 10.1. The first-order valence-electron chi connectivity index (χ1n) is 6.93. The molecule has 0 aromatic rings. The molecule has 0 aliphatic carbocycles. The number of carbonyl (C=O) groups is 2. The molecular formula is C14H28N2O3. The Morgan fingerprint density at radius 1 is 1.11 bits per heavy atom. The lowest BCUT2D eigenvalue weighted by Gasteiger charge is -2.35. The Hall–Kier alpha value is -1.26. The highest BCUT2D eigenvalue weighted by Crippen LogP contribution is 2.13. The largest absolute Gasteiger partial charge is 0.481 e. The van der Waals surface area contributed by atoms with Crippen LogP contribution in [0.3, 0.4) is 0 Å². The Balaban J connectivity index is 4.61. The molecule has 2 amide bonds. The Labute approximate surface area is 116 Å². The number of carboxylic acids is 1. The highest BCUT2D eigenvalue weighted by molar-refractivity contribution is 5.75. The van der Waals surface area contributed by atoms with Crippen LogP contribution >= 0.6 is 0 Å². The maximum Gasteiger partial charge on any atom is 0.320 e. The topological polar surface area (TPSA) is 60.9 Å². The molecule has 1 unspecified atom stereocenters. The monoisotopic (exact) mass is 272 g/mol. The molecule has 0 bridgehead atoms. The zero-order valence-corrected chi connectivity index (χ0v) is 13.0.